The number of unbranched alkanes of at least 4 members (excludes halogenated alkanes) is 5. The summed E-state index contributed by atoms with van der Waals surface area (Å²) in [6.45, 7) is 11.5. The van der Waals surface area contributed by atoms with Crippen LogP contribution in [0.5, 0.6) is 0 Å². The molecular weight excluding hydrogens is 523 g/mol. The molecule has 10 nitrogen and oxygen atoms in total. The first-order valence-electron chi connectivity index (χ1n) is 14.1. The maximum Gasteiger partial charge on any atom is 0.195 e. The van der Waals surface area contributed by atoms with Gasteiger partial charge in [-0.1, -0.05) is 79.1 Å². The number of halogens is 2. The zero-order valence-corrected chi connectivity index (χ0v) is 26.0. The molecule has 10 N–H and O–H groups in total. The van der Waals surface area contributed by atoms with E-state index in [2.05, 4.69) is 58.3 Å². The lowest BCUT2D eigenvalue weighted by Gasteiger charge is -2.12. The van der Waals surface area contributed by atoms with E-state index < -0.39 is 0 Å². The van der Waals surface area contributed by atoms with Crippen molar-refractivity contribution in [1.29, 1.82) is 0 Å². The minimum Gasteiger partial charge on any atom is -0.370 e. The normalized spacial score (nSPS) is 14.3. The summed E-state index contributed by atoms with van der Waals surface area (Å²) in [7, 11) is 0. The molecule has 0 saturated heterocycles. The first-order chi connectivity index (χ1) is 17.4. The first kappa shape index (κ1) is 40.6. The average Bonchev–Trinajstić information content (AvgIpc) is 2.85. The third-order valence-corrected chi connectivity index (χ3v) is 6.27. The molecule has 0 aromatic rings. The molecule has 0 aliphatic carbocycles. The van der Waals surface area contributed by atoms with E-state index in [0.717, 1.165) is 51.6 Å². The number of guanidine groups is 4. The number of nitrogens with two attached hydrogens (primary N) is 4. The van der Waals surface area contributed by atoms with Crippen molar-refractivity contribution in [3.8, 4) is 0 Å². The summed E-state index contributed by atoms with van der Waals surface area (Å²) in [5.74, 6) is 2.44. The van der Waals surface area contributed by atoms with Gasteiger partial charge in [-0.05, 0) is 37.5 Å². The number of hydrogen-bond donors (Lipinski definition) is 6. The van der Waals surface area contributed by atoms with Crippen LogP contribution in [-0.4, -0.2) is 50.0 Å². The smallest absolute Gasteiger partial charge is 0.195 e. The van der Waals surface area contributed by atoms with Gasteiger partial charge in [0.2, 0.25) is 0 Å². The molecule has 2 atom stereocenters. The lowest BCUT2D eigenvalue weighted by molar-refractivity contribution is 0.462. The molecule has 0 rings (SSSR count). The molecule has 0 aromatic heterocycles. The predicted molar refractivity (Wildman–Crippen MR) is 172 cm³/mol. The van der Waals surface area contributed by atoms with Crippen LogP contribution in [0.2, 0.25) is 0 Å². The molecule has 12 heteroatoms. The Kier molecular flexibility index (Phi) is 30.0. The van der Waals surface area contributed by atoms with Crippen molar-refractivity contribution in [2.75, 3.05) is 26.2 Å². The number of nitrogens with zero attached hydrogens (tertiary/aromatic N) is 4. The van der Waals surface area contributed by atoms with Crippen molar-refractivity contribution in [2.45, 2.75) is 105 Å². The minimum absolute atomic E-state index is 0. The van der Waals surface area contributed by atoms with Gasteiger partial charge in [0.1, 0.15) is 0 Å². The quantitative estimate of drug-likeness (QED) is 0.0754. The van der Waals surface area contributed by atoms with E-state index in [9.17, 15) is 0 Å². The SMILES string of the molecule is CCCC[C@@H](CC)CN=C(N)NC(N)=NCCCCCCN=C(N)NC(N)=NC[C@H](CC)CCCC.Cl.Cl. The second-order valence-electron chi connectivity index (χ2n) is 9.48. The van der Waals surface area contributed by atoms with Crippen molar-refractivity contribution in [1.82, 2.24) is 10.6 Å². The molecule has 0 unspecified atom stereocenters. The predicted octanol–water partition coefficient (Wildman–Crippen LogP) is 4.26. The van der Waals surface area contributed by atoms with E-state index in [4.69, 9.17) is 22.9 Å². The molecule has 0 amide bonds. The monoisotopic (exact) mass is 580 g/mol. The van der Waals surface area contributed by atoms with Crippen molar-refractivity contribution >= 4 is 48.7 Å². The summed E-state index contributed by atoms with van der Waals surface area (Å²) in [6.07, 6.45) is 13.4. The summed E-state index contributed by atoms with van der Waals surface area (Å²) in [4.78, 5) is 17.5. The van der Waals surface area contributed by atoms with E-state index >= 15 is 0 Å². The van der Waals surface area contributed by atoms with E-state index in [-0.39, 0.29) is 24.8 Å². The summed E-state index contributed by atoms with van der Waals surface area (Å²) >= 11 is 0. The van der Waals surface area contributed by atoms with Gasteiger partial charge >= 0.3 is 0 Å². The summed E-state index contributed by atoms with van der Waals surface area (Å²) in [5.41, 5.74) is 23.7. The highest BCUT2D eigenvalue weighted by Gasteiger charge is 2.06. The highest BCUT2D eigenvalue weighted by Crippen LogP contribution is 2.13. The third-order valence-electron chi connectivity index (χ3n) is 6.27. The van der Waals surface area contributed by atoms with Gasteiger partial charge in [0, 0.05) is 26.2 Å². The summed E-state index contributed by atoms with van der Waals surface area (Å²) in [6, 6.07) is 0. The first-order valence-corrected chi connectivity index (χ1v) is 14.1. The summed E-state index contributed by atoms with van der Waals surface area (Å²) < 4.78 is 0. The van der Waals surface area contributed by atoms with Gasteiger partial charge in [-0.3, -0.25) is 30.6 Å². The van der Waals surface area contributed by atoms with E-state index in [1.54, 1.807) is 0 Å². The Morgan fingerprint density at radius 1 is 0.526 bits per heavy atom. The molecule has 0 aliphatic heterocycles. The minimum atomic E-state index is 0. The fourth-order valence-electron chi connectivity index (χ4n) is 3.69. The fourth-order valence-corrected chi connectivity index (χ4v) is 3.69. The zero-order valence-electron chi connectivity index (χ0n) is 24.4. The number of hydrogen-bond acceptors (Lipinski definition) is 4. The maximum atomic E-state index is 5.93. The van der Waals surface area contributed by atoms with Crippen LogP contribution in [0.25, 0.3) is 0 Å². The second kappa shape index (κ2) is 28.1. The van der Waals surface area contributed by atoms with Crippen LogP contribution in [0.3, 0.4) is 0 Å². The second-order valence-corrected chi connectivity index (χ2v) is 9.48. The highest BCUT2D eigenvalue weighted by molar-refractivity contribution is 5.97. The van der Waals surface area contributed by atoms with Crippen LogP contribution >= 0.6 is 24.8 Å². The van der Waals surface area contributed by atoms with Crippen molar-refractivity contribution in [3.05, 3.63) is 0 Å². The number of aliphatic imine (C=N–C) groups is 4. The van der Waals surface area contributed by atoms with Gasteiger partial charge in [-0.25, -0.2) is 0 Å². The Bertz CT molecular complexity index is 612. The van der Waals surface area contributed by atoms with E-state index in [1.165, 1.54) is 38.5 Å². The Labute approximate surface area is 244 Å². The average molecular weight is 582 g/mol. The highest BCUT2D eigenvalue weighted by atomic mass is 35.5. The van der Waals surface area contributed by atoms with Crippen LogP contribution in [0, 0.1) is 11.8 Å². The lowest BCUT2D eigenvalue weighted by atomic mass is 10.00. The van der Waals surface area contributed by atoms with E-state index in [1.807, 2.05) is 0 Å². The molecule has 0 bridgehead atoms. The zero-order chi connectivity index (χ0) is 27.0. The van der Waals surface area contributed by atoms with Crippen LogP contribution < -0.4 is 33.6 Å². The topological polar surface area (TPSA) is 178 Å². The largest absolute Gasteiger partial charge is 0.370 e. The van der Waals surface area contributed by atoms with Gasteiger partial charge in [0.05, 0.1) is 0 Å². The fraction of sp³-hybridized carbons (Fsp3) is 0.846. The molecule has 226 valence electrons. The third kappa shape index (κ3) is 24.4. The molecule has 0 spiro atoms. The molecule has 38 heavy (non-hydrogen) atoms. The molecule has 0 saturated carbocycles. The molecule has 0 radical (unpaired) electrons. The van der Waals surface area contributed by atoms with Gasteiger partial charge in [0.15, 0.2) is 23.8 Å². The lowest BCUT2D eigenvalue weighted by Crippen LogP contribution is -2.42. The Morgan fingerprint density at radius 2 is 0.868 bits per heavy atom. The van der Waals surface area contributed by atoms with Crippen LogP contribution in [0.1, 0.15) is 105 Å². The van der Waals surface area contributed by atoms with Gasteiger partial charge < -0.3 is 22.9 Å². The maximum absolute atomic E-state index is 5.93. The molecular formula is C26H58Cl2N10. The van der Waals surface area contributed by atoms with Crippen molar-refractivity contribution < 1.29 is 0 Å². The van der Waals surface area contributed by atoms with Gasteiger partial charge in [-0.15, -0.1) is 24.8 Å². The number of rotatable bonds is 19. The summed E-state index contributed by atoms with van der Waals surface area (Å²) in [5, 5.41) is 5.76. The van der Waals surface area contributed by atoms with Crippen molar-refractivity contribution in [3.63, 3.8) is 0 Å². The van der Waals surface area contributed by atoms with E-state index in [0.29, 0.717) is 48.8 Å². The van der Waals surface area contributed by atoms with Crippen molar-refractivity contribution in [2.24, 2.45) is 54.7 Å². The van der Waals surface area contributed by atoms with Crippen LogP contribution in [0.15, 0.2) is 20.0 Å². The molecule has 0 aliphatic rings. The molecule has 0 fully saturated rings. The standard InChI is InChI=1S/C26H56N10.2ClH/c1-5-9-15-21(7-3)19-33-25(29)35-23(27)31-17-13-11-12-14-18-32-24(28)36-26(30)34-20-22(8-4)16-10-6-2;;/h21-22H,5-20H2,1-4H3,(H5,27,29,31,33,35)(H5,28,30,32,34,36);2*1H/t21-,22-;;/m1../s1. The van der Waals surface area contributed by atoms with Crippen LogP contribution in [0.4, 0.5) is 0 Å². The Balaban J connectivity index is -0.00000612. The Hall–Kier alpha value is -1.94. The molecule has 0 aromatic carbocycles. The Morgan fingerprint density at radius 3 is 1.18 bits per heavy atom. The number of nitrogens with one attached hydrogen (secondary N) is 2. The van der Waals surface area contributed by atoms with Gasteiger partial charge in [-0.2, -0.15) is 0 Å². The van der Waals surface area contributed by atoms with Crippen LogP contribution in [-0.2, 0) is 0 Å². The molecule has 0 heterocycles. The van der Waals surface area contributed by atoms with Gasteiger partial charge in [0.25, 0.3) is 0 Å².